The molecule has 1 fully saturated rings. The van der Waals surface area contributed by atoms with Gasteiger partial charge >= 0.3 is 7.60 Å². The molecule has 0 saturated heterocycles. The largest absolute Gasteiger partial charge is 0.399 e. The van der Waals surface area contributed by atoms with E-state index in [9.17, 15) is 4.57 Å². The van der Waals surface area contributed by atoms with Crippen LogP contribution in [-0.4, -0.2) is 120 Å². The van der Waals surface area contributed by atoms with Crippen molar-refractivity contribution >= 4 is 26.3 Å². The fraction of sp³-hybridized carbons (Fsp3) is 0.657. The maximum Gasteiger partial charge on any atom is 0.356 e. The molecule has 0 N–H and O–H groups in total. The molecule has 6 atom stereocenters. The van der Waals surface area contributed by atoms with Crippen LogP contribution >= 0.6 is 7.60 Å². The van der Waals surface area contributed by atoms with Crippen LogP contribution < -0.4 is 10.4 Å². The zero-order valence-corrected chi connectivity index (χ0v) is 32.8. The Morgan fingerprint density at radius 2 is 0.900 bits per heavy atom. The highest BCUT2D eigenvalue weighted by Gasteiger charge is 2.60. The van der Waals surface area contributed by atoms with Gasteiger partial charge in [0.25, 0.3) is 8.32 Å². The van der Waals surface area contributed by atoms with E-state index in [0.717, 1.165) is 10.4 Å². The van der Waals surface area contributed by atoms with E-state index in [2.05, 4.69) is 45.0 Å². The molecule has 1 saturated carbocycles. The lowest BCUT2D eigenvalue weighted by atomic mass is 9.84. The average molecular weight is 745 g/mol. The Kier molecular flexibility index (Phi) is 18.1. The van der Waals surface area contributed by atoms with Crippen LogP contribution in [0.5, 0.6) is 0 Å². The van der Waals surface area contributed by atoms with Gasteiger partial charge in [-0.15, -0.1) is 0 Å². The predicted octanol–water partition coefficient (Wildman–Crippen LogP) is 4.51. The van der Waals surface area contributed by atoms with Crippen LogP contribution in [0.25, 0.3) is 0 Å². The summed E-state index contributed by atoms with van der Waals surface area (Å²) in [7, 11) is -0.875. The smallest absolute Gasteiger partial charge is 0.356 e. The second-order valence-corrected chi connectivity index (χ2v) is 18.9. The fourth-order valence-corrected chi connectivity index (χ4v) is 12.4. The first kappa shape index (κ1) is 42.8. The van der Waals surface area contributed by atoms with Gasteiger partial charge in [-0.3, -0.25) is 4.57 Å². The minimum atomic E-state index is -3.69. The molecule has 15 heteroatoms. The van der Waals surface area contributed by atoms with E-state index in [1.54, 1.807) is 13.8 Å². The predicted molar refractivity (Wildman–Crippen MR) is 190 cm³/mol. The fourth-order valence-electron chi connectivity index (χ4n) is 6.37. The molecule has 2 aromatic carbocycles. The van der Waals surface area contributed by atoms with Crippen LogP contribution in [0.15, 0.2) is 60.7 Å². The van der Waals surface area contributed by atoms with Gasteiger partial charge in [0.15, 0.2) is 0 Å². The highest BCUT2D eigenvalue weighted by atomic mass is 31.2. The standard InChI is InChI=1S/C35H57O13PSi/c1-10-46-49(36,47-11-2)26-45-31-29(41-22-37-6)30(42-23-38-7)32(43-24-39-8)34(33(31)44-25-40-9)48-50(35(3,4)5,27-18-14-12-15-19-27)28-20-16-13-17-21-28/h12-21,29-34H,10-11,22-26H2,1-9H3/t29-,30-,31+,32+,33+,34-/m0/s1. The molecule has 0 aliphatic heterocycles. The molecule has 1 aliphatic rings. The van der Waals surface area contributed by atoms with Crippen LogP contribution in [0, 0.1) is 0 Å². The Labute approximate surface area is 298 Å². The Morgan fingerprint density at radius 3 is 1.22 bits per heavy atom. The summed E-state index contributed by atoms with van der Waals surface area (Å²) in [5.74, 6) is 0. The minimum absolute atomic E-state index is 0.0957. The normalized spacial score (nSPS) is 23.3. The monoisotopic (exact) mass is 744 g/mol. The number of rotatable bonds is 23. The van der Waals surface area contributed by atoms with E-state index >= 15 is 0 Å². The van der Waals surface area contributed by atoms with Gasteiger partial charge in [0.1, 0.15) is 70.1 Å². The third-order valence-corrected chi connectivity index (χ3v) is 15.1. The third kappa shape index (κ3) is 10.7. The van der Waals surface area contributed by atoms with E-state index < -0.39 is 63.9 Å². The first-order valence-electron chi connectivity index (χ1n) is 16.8. The Balaban J connectivity index is 2.34. The maximum absolute atomic E-state index is 13.8. The lowest BCUT2D eigenvalue weighted by Gasteiger charge is -2.53. The van der Waals surface area contributed by atoms with Crippen molar-refractivity contribution in [2.75, 3.05) is 75.2 Å². The summed E-state index contributed by atoms with van der Waals surface area (Å²) in [6, 6.07) is 20.4. The summed E-state index contributed by atoms with van der Waals surface area (Å²) in [6.07, 6.45) is -5.85. The number of methoxy groups -OCH3 is 4. The molecular weight excluding hydrogens is 687 g/mol. The lowest BCUT2D eigenvalue weighted by Crippen LogP contribution is -2.74. The van der Waals surface area contributed by atoms with Crippen molar-refractivity contribution in [2.24, 2.45) is 0 Å². The zero-order valence-electron chi connectivity index (χ0n) is 30.9. The Hall–Kier alpha value is -1.59. The highest BCUT2D eigenvalue weighted by Crippen LogP contribution is 2.49. The molecule has 0 aromatic heterocycles. The SMILES string of the molecule is CCOP(=O)(CO[C@@H]1[C@@H](OCOC)[C@H](OCOC)[C@@H](OCOC)[C@H](O[Si](c2ccccc2)(c2ccccc2)C(C)(C)C)[C@@H]1OCOC)OCC. The summed E-state index contributed by atoms with van der Waals surface area (Å²) in [5.41, 5.74) is 0. The molecule has 13 nitrogen and oxygen atoms in total. The van der Waals surface area contributed by atoms with Crippen molar-refractivity contribution < 1.29 is 60.7 Å². The van der Waals surface area contributed by atoms with Crippen molar-refractivity contribution in [3.63, 3.8) is 0 Å². The van der Waals surface area contributed by atoms with Gasteiger partial charge < -0.3 is 56.1 Å². The van der Waals surface area contributed by atoms with Crippen molar-refractivity contribution in [3.05, 3.63) is 60.7 Å². The molecule has 0 bridgehead atoms. The molecule has 2 aromatic rings. The van der Waals surface area contributed by atoms with Gasteiger partial charge in [-0.1, -0.05) is 81.4 Å². The number of benzene rings is 2. The van der Waals surface area contributed by atoms with E-state index in [-0.39, 0.29) is 40.4 Å². The molecule has 0 amide bonds. The van der Waals surface area contributed by atoms with E-state index in [0.29, 0.717) is 0 Å². The van der Waals surface area contributed by atoms with Crippen LogP contribution in [0.3, 0.4) is 0 Å². The van der Waals surface area contributed by atoms with Crippen LogP contribution in [0.4, 0.5) is 0 Å². The second kappa shape index (κ2) is 21.2. The molecule has 284 valence electrons. The topological polar surface area (TPSA) is 128 Å². The van der Waals surface area contributed by atoms with Crippen molar-refractivity contribution in [3.8, 4) is 0 Å². The van der Waals surface area contributed by atoms with Crippen LogP contribution in [0.2, 0.25) is 5.04 Å². The van der Waals surface area contributed by atoms with Gasteiger partial charge in [-0.25, -0.2) is 0 Å². The molecule has 0 radical (unpaired) electrons. The van der Waals surface area contributed by atoms with Crippen molar-refractivity contribution in [1.29, 1.82) is 0 Å². The van der Waals surface area contributed by atoms with Gasteiger partial charge in [-0.2, -0.15) is 0 Å². The first-order valence-corrected chi connectivity index (χ1v) is 20.4. The third-order valence-electron chi connectivity index (χ3n) is 8.26. The molecule has 3 rings (SSSR count). The van der Waals surface area contributed by atoms with E-state index in [1.165, 1.54) is 28.4 Å². The first-order chi connectivity index (χ1) is 24.1. The van der Waals surface area contributed by atoms with Gasteiger partial charge in [-0.05, 0) is 29.3 Å². The van der Waals surface area contributed by atoms with Crippen LogP contribution in [0.1, 0.15) is 34.6 Å². The molecular formula is C35H57O13PSi. The summed E-state index contributed by atoms with van der Waals surface area (Å²) in [4.78, 5) is 0. The molecule has 50 heavy (non-hydrogen) atoms. The van der Waals surface area contributed by atoms with Gasteiger partial charge in [0.2, 0.25) is 0 Å². The summed E-state index contributed by atoms with van der Waals surface area (Å²) in [6.45, 7) is 9.86. The Bertz CT molecular complexity index is 1200. The average Bonchev–Trinajstić information content (AvgIpc) is 3.10. The summed E-state index contributed by atoms with van der Waals surface area (Å²) in [5, 5.41) is 1.66. The van der Waals surface area contributed by atoms with E-state index in [1.807, 2.05) is 36.4 Å². The summed E-state index contributed by atoms with van der Waals surface area (Å²) >= 11 is 0. The minimum Gasteiger partial charge on any atom is -0.399 e. The Morgan fingerprint density at radius 1 is 0.560 bits per heavy atom. The number of ether oxygens (including phenoxy) is 9. The molecule has 0 heterocycles. The van der Waals surface area contributed by atoms with Crippen molar-refractivity contribution in [1.82, 2.24) is 0 Å². The maximum atomic E-state index is 13.8. The zero-order chi connectivity index (χ0) is 36.6. The highest BCUT2D eigenvalue weighted by molar-refractivity contribution is 7.53. The van der Waals surface area contributed by atoms with E-state index in [4.69, 9.17) is 56.1 Å². The lowest BCUT2D eigenvalue weighted by molar-refractivity contribution is -0.302. The molecule has 0 unspecified atom stereocenters. The number of hydrogen-bond acceptors (Lipinski definition) is 13. The quantitative estimate of drug-likeness (QED) is 0.0901. The second-order valence-electron chi connectivity index (χ2n) is 12.6. The van der Waals surface area contributed by atoms with Crippen LogP contribution in [-0.2, 0) is 60.7 Å². The summed E-state index contributed by atoms with van der Waals surface area (Å²) < 4.78 is 86.4. The van der Waals surface area contributed by atoms with Gasteiger partial charge in [0, 0.05) is 28.4 Å². The van der Waals surface area contributed by atoms with Crippen molar-refractivity contribution in [2.45, 2.75) is 76.3 Å². The molecule has 0 spiro atoms. The van der Waals surface area contributed by atoms with Gasteiger partial charge in [0.05, 0.1) is 13.2 Å². The number of hydrogen-bond donors (Lipinski definition) is 0. The molecule has 1 aliphatic carbocycles.